The van der Waals surface area contributed by atoms with Gasteiger partial charge >= 0.3 is 6.18 Å². The van der Waals surface area contributed by atoms with Crippen LogP contribution in [0.3, 0.4) is 0 Å². The summed E-state index contributed by atoms with van der Waals surface area (Å²) in [6.07, 6.45) is -4.49. The number of aromatic nitrogens is 2. The van der Waals surface area contributed by atoms with Crippen molar-refractivity contribution in [1.29, 1.82) is 0 Å². The van der Waals surface area contributed by atoms with Gasteiger partial charge in [0.1, 0.15) is 17.4 Å². The van der Waals surface area contributed by atoms with Crippen molar-refractivity contribution >= 4 is 29.4 Å². The van der Waals surface area contributed by atoms with Crippen LogP contribution in [0.15, 0.2) is 71.5 Å². The molecule has 4 aromatic rings. The number of amides is 1. The van der Waals surface area contributed by atoms with E-state index in [9.17, 15) is 27.2 Å². The second-order valence-corrected chi connectivity index (χ2v) is 9.72. The van der Waals surface area contributed by atoms with Crippen LogP contribution in [-0.2, 0) is 11.2 Å². The van der Waals surface area contributed by atoms with Crippen LogP contribution in [0.4, 0.5) is 17.6 Å². The monoisotopic (exact) mass is 573 g/mol. The smallest absolute Gasteiger partial charge is 0.422 e. The molecule has 0 spiro atoms. The highest BCUT2D eigenvalue weighted by atomic mass is 32.1. The molecule has 1 aromatic heterocycles. The van der Waals surface area contributed by atoms with Crippen molar-refractivity contribution in [3.63, 3.8) is 0 Å². The van der Waals surface area contributed by atoms with E-state index in [0.717, 1.165) is 0 Å². The Labute approximate surface area is 233 Å². The van der Waals surface area contributed by atoms with Crippen LogP contribution < -0.4 is 10.3 Å². The SMILES string of the molecule is Cc1cc(CC(=O)N(CCS)[C@H](C)c2nc3ccccc3c(=O)n2-c2ccc(OCC(F)(F)F)cc2)ccc1F. The number of halogens is 4. The Morgan fingerprint density at radius 1 is 1.10 bits per heavy atom. The molecule has 1 amide bonds. The number of rotatable bonds is 9. The number of benzene rings is 3. The second kappa shape index (κ2) is 12.1. The Kier molecular flexibility index (Phi) is 8.82. The predicted molar refractivity (Wildman–Crippen MR) is 148 cm³/mol. The average molecular weight is 574 g/mol. The molecule has 0 saturated heterocycles. The Hall–Kier alpha value is -3.86. The quantitative estimate of drug-likeness (QED) is 0.202. The van der Waals surface area contributed by atoms with Gasteiger partial charge in [-0.1, -0.05) is 24.3 Å². The summed E-state index contributed by atoms with van der Waals surface area (Å²) in [7, 11) is 0. The van der Waals surface area contributed by atoms with Crippen LogP contribution in [0.5, 0.6) is 5.75 Å². The largest absolute Gasteiger partial charge is 0.484 e. The second-order valence-electron chi connectivity index (χ2n) is 9.27. The van der Waals surface area contributed by atoms with Gasteiger partial charge in [-0.15, -0.1) is 0 Å². The lowest BCUT2D eigenvalue weighted by atomic mass is 10.1. The number of ether oxygens (including phenoxy) is 1. The lowest BCUT2D eigenvalue weighted by molar-refractivity contribution is -0.153. The molecule has 0 bridgehead atoms. The summed E-state index contributed by atoms with van der Waals surface area (Å²) >= 11 is 4.32. The maximum absolute atomic E-state index is 13.8. The molecule has 0 aliphatic heterocycles. The van der Waals surface area contributed by atoms with Gasteiger partial charge in [-0.25, -0.2) is 9.37 Å². The summed E-state index contributed by atoms with van der Waals surface area (Å²) in [5.74, 6) is -0.0490. The van der Waals surface area contributed by atoms with E-state index in [2.05, 4.69) is 12.6 Å². The van der Waals surface area contributed by atoms with E-state index in [4.69, 9.17) is 9.72 Å². The van der Waals surface area contributed by atoms with E-state index in [0.29, 0.717) is 33.5 Å². The summed E-state index contributed by atoms with van der Waals surface area (Å²) in [4.78, 5) is 33.5. The van der Waals surface area contributed by atoms with E-state index >= 15 is 0 Å². The van der Waals surface area contributed by atoms with E-state index in [1.165, 1.54) is 34.9 Å². The van der Waals surface area contributed by atoms with Crippen LogP contribution in [0.2, 0.25) is 0 Å². The molecule has 0 aliphatic rings. The van der Waals surface area contributed by atoms with Crippen molar-refractivity contribution < 1.29 is 27.1 Å². The van der Waals surface area contributed by atoms with Gasteiger partial charge in [0.05, 0.1) is 29.1 Å². The standard InChI is InChI=1S/C29H27F4N3O3S/c1-18-15-20(7-12-24(18)30)16-26(37)35(13-14-40)19(2)27-34-25-6-4-3-5-23(25)28(38)36(27)21-8-10-22(11-9-21)39-17-29(31,32)33/h3-12,15,19,40H,13-14,16-17H2,1-2H3/t19-/m1/s1. The first-order chi connectivity index (χ1) is 19.0. The first-order valence-electron chi connectivity index (χ1n) is 12.5. The van der Waals surface area contributed by atoms with Crippen molar-refractivity contribution in [2.24, 2.45) is 0 Å². The van der Waals surface area contributed by atoms with Crippen molar-refractivity contribution in [3.05, 3.63) is 99.9 Å². The fourth-order valence-corrected chi connectivity index (χ4v) is 4.63. The normalized spacial score (nSPS) is 12.4. The number of fused-ring (bicyclic) bond motifs is 1. The molecule has 0 N–H and O–H groups in total. The molecule has 1 atom stereocenters. The van der Waals surface area contributed by atoms with Gasteiger partial charge in [0.15, 0.2) is 6.61 Å². The molecule has 0 unspecified atom stereocenters. The molecule has 210 valence electrons. The Morgan fingerprint density at radius 2 is 1.80 bits per heavy atom. The van der Waals surface area contributed by atoms with Crippen molar-refractivity contribution in [2.75, 3.05) is 18.9 Å². The highest BCUT2D eigenvalue weighted by Gasteiger charge is 2.29. The van der Waals surface area contributed by atoms with Gasteiger partial charge in [-0.05, 0) is 67.4 Å². The number of hydrogen-bond acceptors (Lipinski definition) is 5. The predicted octanol–water partition coefficient (Wildman–Crippen LogP) is 5.84. The van der Waals surface area contributed by atoms with Crippen LogP contribution in [-0.4, -0.2) is 45.4 Å². The Morgan fingerprint density at radius 3 is 2.45 bits per heavy atom. The Bertz CT molecular complexity index is 1570. The van der Waals surface area contributed by atoms with Crippen LogP contribution in [0.1, 0.15) is 29.9 Å². The minimum atomic E-state index is -4.49. The number of hydrogen-bond donors (Lipinski definition) is 1. The summed E-state index contributed by atoms with van der Waals surface area (Å²) in [6.45, 7) is 2.16. The average Bonchev–Trinajstić information content (AvgIpc) is 2.92. The van der Waals surface area contributed by atoms with Gasteiger partial charge in [-0.3, -0.25) is 14.2 Å². The third-order valence-electron chi connectivity index (χ3n) is 6.38. The van der Waals surface area contributed by atoms with Gasteiger partial charge < -0.3 is 9.64 Å². The molecule has 0 fully saturated rings. The summed E-state index contributed by atoms with van der Waals surface area (Å²) < 4.78 is 57.6. The van der Waals surface area contributed by atoms with E-state index < -0.39 is 24.4 Å². The molecule has 0 radical (unpaired) electrons. The number of carbonyl (C=O) groups excluding carboxylic acids is 1. The highest BCUT2D eigenvalue weighted by molar-refractivity contribution is 7.80. The molecule has 6 nitrogen and oxygen atoms in total. The lowest BCUT2D eigenvalue weighted by Gasteiger charge is -2.30. The van der Waals surface area contributed by atoms with E-state index in [1.54, 1.807) is 55.1 Å². The molecule has 1 heterocycles. The van der Waals surface area contributed by atoms with E-state index in [-0.39, 0.29) is 36.3 Å². The summed E-state index contributed by atoms with van der Waals surface area (Å²) in [6, 6.07) is 16.2. The molecule has 11 heteroatoms. The van der Waals surface area contributed by atoms with Crippen molar-refractivity contribution in [1.82, 2.24) is 14.5 Å². The number of thiol groups is 1. The zero-order valence-electron chi connectivity index (χ0n) is 21.8. The van der Waals surface area contributed by atoms with Crippen LogP contribution in [0, 0.1) is 12.7 Å². The minimum absolute atomic E-state index is 0.00227. The van der Waals surface area contributed by atoms with Crippen LogP contribution >= 0.6 is 12.6 Å². The fourth-order valence-electron chi connectivity index (χ4n) is 4.41. The first-order valence-corrected chi connectivity index (χ1v) is 13.1. The minimum Gasteiger partial charge on any atom is -0.484 e. The van der Waals surface area contributed by atoms with E-state index in [1.807, 2.05) is 0 Å². The van der Waals surface area contributed by atoms with Gasteiger partial charge in [0.25, 0.3) is 5.56 Å². The van der Waals surface area contributed by atoms with Crippen molar-refractivity contribution in [2.45, 2.75) is 32.5 Å². The number of nitrogens with zero attached hydrogens (tertiary/aromatic N) is 3. The Balaban J connectivity index is 1.75. The summed E-state index contributed by atoms with van der Waals surface area (Å²) in [5.41, 5.74) is 1.44. The van der Waals surface area contributed by atoms with Gasteiger partial charge in [-0.2, -0.15) is 25.8 Å². The van der Waals surface area contributed by atoms with Gasteiger partial charge in [0, 0.05) is 12.3 Å². The molecule has 40 heavy (non-hydrogen) atoms. The number of alkyl halides is 3. The highest BCUT2D eigenvalue weighted by Crippen LogP contribution is 2.26. The number of carbonyl (C=O) groups is 1. The fraction of sp³-hybridized carbons (Fsp3) is 0.276. The molecular weight excluding hydrogens is 546 g/mol. The molecular formula is C29H27F4N3O3S. The van der Waals surface area contributed by atoms with Crippen LogP contribution in [0.25, 0.3) is 16.6 Å². The number of para-hydroxylation sites is 1. The molecule has 4 rings (SSSR count). The zero-order valence-corrected chi connectivity index (χ0v) is 22.7. The number of aryl methyl sites for hydroxylation is 1. The molecule has 0 saturated carbocycles. The molecule has 0 aliphatic carbocycles. The maximum Gasteiger partial charge on any atom is 0.422 e. The third-order valence-corrected chi connectivity index (χ3v) is 6.58. The first kappa shape index (κ1) is 29.1. The lowest BCUT2D eigenvalue weighted by Crippen LogP contribution is -2.39. The maximum atomic E-state index is 13.8. The molecule has 3 aromatic carbocycles. The zero-order chi connectivity index (χ0) is 29.0. The van der Waals surface area contributed by atoms with Gasteiger partial charge in [0.2, 0.25) is 5.91 Å². The third kappa shape index (κ3) is 6.64. The summed E-state index contributed by atoms with van der Waals surface area (Å²) in [5, 5.41) is 0.338. The van der Waals surface area contributed by atoms with Crippen molar-refractivity contribution in [3.8, 4) is 11.4 Å². The topological polar surface area (TPSA) is 64.4 Å².